The summed E-state index contributed by atoms with van der Waals surface area (Å²) in [7, 11) is 0. The molecule has 4 rings (SSSR count). The Morgan fingerprint density at radius 1 is 1.32 bits per heavy atom. The number of β-lactam (4-membered cyclic amide) rings is 1. The van der Waals surface area contributed by atoms with Gasteiger partial charge in [0.2, 0.25) is 5.91 Å². The van der Waals surface area contributed by atoms with Gasteiger partial charge in [0, 0.05) is 19.6 Å². The summed E-state index contributed by atoms with van der Waals surface area (Å²) >= 11 is 0. The molecule has 8 nitrogen and oxygen atoms in total. The molecule has 2 saturated heterocycles. The molecular formula is C19H20N3NaO5. The standard InChI is InChI=1S/C19H21N3O5.Na/c1-10(23)15-14-8-13(16(18(25)26)22(14)17(15)24)12-4-2-11(3-5-12)9-21-7-6-20-19(21)27;/h2-5,10,14-15,23H,6-9H2,1H3,(H,20,27)(H,25,26);/q;+1/p-1/t10-,14-,15-;/m1./s1. The smallest absolute Gasteiger partial charge is 0.543 e. The Labute approximate surface area is 184 Å². The topological polar surface area (TPSA) is 113 Å². The number of hydrogen-bond donors (Lipinski definition) is 2. The van der Waals surface area contributed by atoms with Crippen molar-refractivity contribution in [3.05, 3.63) is 41.1 Å². The maximum atomic E-state index is 12.3. The molecule has 2 fully saturated rings. The molecule has 3 atom stereocenters. The van der Waals surface area contributed by atoms with Crippen LogP contribution in [0.5, 0.6) is 0 Å². The van der Waals surface area contributed by atoms with Crippen molar-refractivity contribution in [2.24, 2.45) is 5.92 Å². The third kappa shape index (κ3) is 3.34. The summed E-state index contributed by atoms with van der Waals surface area (Å²) in [6.07, 6.45) is -0.450. The molecule has 9 heteroatoms. The zero-order valence-corrected chi connectivity index (χ0v) is 17.8. The van der Waals surface area contributed by atoms with Crippen LogP contribution in [0.25, 0.3) is 5.57 Å². The zero-order valence-electron chi connectivity index (χ0n) is 15.8. The molecule has 142 valence electrons. The number of aliphatic hydroxyl groups excluding tert-OH is 1. The molecule has 0 spiro atoms. The maximum absolute atomic E-state index is 12.3. The number of carbonyl (C=O) groups excluding carboxylic acids is 3. The first-order chi connectivity index (χ1) is 12.9. The van der Waals surface area contributed by atoms with E-state index in [2.05, 4.69) is 5.32 Å². The number of amides is 3. The second kappa shape index (κ2) is 7.87. The van der Waals surface area contributed by atoms with Crippen LogP contribution in [0.1, 0.15) is 24.5 Å². The summed E-state index contributed by atoms with van der Waals surface area (Å²) in [5, 5.41) is 24.2. The minimum atomic E-state index is -1.39. The summed E-state index contributed by atoms with van der Waals surface area (Å²) in [6.45, 7) is 3.31. The molecule has 3 heterocycles. The minimum Gasteiger partial charge on any atom is -0.543 e. The molecule has 0 aromatic heterocycles. The van der Waals surface area contributed by atoms with Crippen molar-refractivity contribution in [3.63, 3.8) is 0 Å². The summed E-state index contributed by atoms with van der Waals surface area (Å²) in [5.41, 5.74) is 2.08. The molecule has 0 radical (unpaired) electrons. The number of carboxylic acids is 1. The van der Waals surface area contributed by atoms with E-state index >= 15 is 0 Å². The number of hydrogen-bond acceptors (Lipinski definition) is 5. The molecule has 28 heavy (non-hydrogen) atoms. The van der Waals surface area contributed by atoms with Crippen molar-refractivity contribution in [3.8, 4) is 0 Å². The van der Waals surface area contributed by atoms with E-state index in [1.807, 2.05) is 12.1 Å². The Bertz CT molecular complexity index is 852. The van der Waals surface area contributed by atoms with Gasteiger partial charge >= 0.3 is 35.6 Å². The van der Waals surface area contributed by atoms with Crippen LogP contribution in [0.15, 0.2) is 30.0 Å². The molecular weight excluding hydrogens is 373 g/mol. The fourth-order valence-electron chi connectivity index (χ4n) is 4.21. The van der Waals surface area contributed by atoms with Crippen LogP contribution < -0.4 is 40.0 Å². The largest absolute Gasteiger partial charge is 1.00 e. The van der Waals surface area contributed by atoms with Crippen LogP contribution in [-0.2, 0) is 16.1 Å². The summed E-state index contributed by atoms with van der Waals surface area (Å²) in [6, 6.07) is 6.87. The Hall–Kier alpha value is -1.87. The summed E-state index contributed by atoms with van der Waals surface area (Å²) in [4.78, 5) is 38.5. The third-order valence-electron chi connectivity index (χ3n) is 5.54. The fraction of sp³-hybridized carbons (Fsp3) is 0.421. The minimum absolute atomic E-state index is 0. The van der Waals surface area contributed by atoms with E-state index in [9.17, 15) is 24.6 Å². The van der Waals surface area contributed by atoms with E-state index in [0.29, 0.717) is 37.2 Å². The number of carboxylic acid groups (broad SMARTS) is 1. The van der Waals surface area contributed by atoms with E-state index in [1.54, 1.807) is 24.0 Å². The molecule has 0 unspecified atom stereocenters. The summed E-state index contributed by atoms with van der Waals surface area (Å²) in [5.74, 6) is -2.34. The van der Waals surface area contributed by atoms with Gasteiger partial charge in [-0.3, -0.25) is 4.79 Å². The van der Waals surface area contributed by atoms with Crippen molar-refractivity contribution in [2.75, 3.05) is 13.1 Å². The molecule has 3 aliphatic rings. The van der Waals surface area contributed by atoms with Gasteiger partial charge in [0.1, 0.15) is 0 Å². The molecule has 1 aromatic rings. The number of fused-ring (bicyclic) bond motifs is 1. The van der Waals surface area contributed by atoms with Crippen LogP contribution >= 0.6 is 0 Å². The van der Waals surface area contributed by atoms with Crippen molar-refractivity contribution in [1.82, 2.24) is 15.1 Å². The Morgan fingerprint density at radius 2 is 2.00 bits per heavy atom. The number of rotatable bonds is 5. The number of aliphatic hydroxyl groups is 1. The van der Waals surface area contributed by atoms with E-state index in [0.717, 1.165) is 5.56 Å². The Balaban J connectivity index is 0.00000225. The van der Waals surface area contributed by atoms with Crippen LogP contribution in [0.3, 0.4) is 0 Å². The predicted molar refractivity (Wildman–Crippen MR) is 92.6 cm³/mol. The van der Waals surface area contributed by atoms with E-state index in [-0.39, 0.29) is 53.2 Å². The SMILES string of the molecule is C[C@@H](O)[C@H]1C(=O)N2C(C(=O)[O-])=C(c3ccc(CN4CCNC4=O)cc3)C[C@H]12.[Na+]. The van der Waals surface area contributed by atoms with E-state index in [1.165, 1.54) is 4.90 Å². The average molecular weight is 393 g/mol. The third-order valence-corrected chi connectivity index (χ3v) is 5.54. The van der Waals surface area contributed by atoms with Crippen molar-refractivity contribution in [1.29, 1.82) is 0 Å². The second-order valence-electron chi connectivity index (χ2n) is 7.21. The molecule has 3 aliphatic heterocycles. The number of aliphatic carboxylic acids is 1. The van der Waals surface area contributed by atoms with E-state index < -0.39 is 18.0 Å². The first-order valence-electron chi connectivity index (χ1n) is 8.96. The van der Waals surface area contributed by atoms with Gasteiger partial charge in [-0.2, -0.15) is 0 Å². The van der Waals surface area contributed by atoms with Gasteiger partial charge < -0.3 is 30.1 Å². The average Bonchev–Trinajstić information content (AvgIpc) is 3.17. The first-order valence-corrected chi connectivity index (χ1v) is 8.96. The number of nitrogens with one attached hydrogen (secondary N) is 1. The van der Waals surface area contributed by atoms with Gasteiger partial charge in [-0.25, -0.2) is 4.79 Å². The van der Waals surface area contributed by atoms with Gasteiger partial charge in [0.25, 0.3) is 0 Å². The normalized spacial score (nSPS) is 24.5. The van der Waals surface area contributed by atoms with Crippen molar-refractivity contribution >= 4 is 23.5 Å². The predicted octanol–water partition coefficient (Wildman–Crippen LogP) is -3.71. The van der Waals surface area contributed by atoms with Gasteiger partial charge in [0.15, 0.2) is 0 Å². The summed E-state index contributed by atoms with van der Waals surface area (Å²) < 4.78 is 0. The van der Waals surface area contributed by atoms with Gasteiger partial charge in [0.05, 0.1) is 29.7 Å². The van der Waals surface area contributed by atoms with Gasteiger partial charge in [-0.05, 0) is 30.0 Å². The zero-order chi connectivity index (χ0) is 19.3. The van der Waals surface area contributed by atoms with Crippen LogP contribution in [0.2, 0.25) is 0 Å². The molecule has 1 aromatic carbocycles. The second-order valence-corrected chi connectivity index (χ2v) is 7.21. The van der Waals surface area contributed by atoms with Crippen LogP contribution in [-0.4, -0.2) is 58.0 Å². The number of carbonyl (C=O) groups is 3. The molecule has 2 N–H and O–H groups in total. The van der Waals surface area contributed by atoms with Crippen LogP contribution in [0, 0.1) is 5.92 Å². The van der Waals surface area contributed by atoms with Crippen molar-refractivity contribution < 1.29 is 54.2 Å². The van der Waals surface area contributed by atoms with Crippen molar-refractivity contribution in [2.45, 2.75) is 32.0 Å². The number of benzene rings is 1. The van der Waals surface area contributed by atoms with Gasteiger partial charge in [-0.1, -0.05) is 24.3 Å². The monoisotopic (exact) mass is 393 g/mol. The quantitative estimate of drug-likeness (QED) is 0.395. The molecule has 3 amide bonds. The number of urea groups is 1. The first kappa shape index (κ1) is 20.9. The Kier molecular flexibility index (Phi) is 5.86. The molecule has 0 bridgehead atoms. The number of nitrogens with zero attached hydrogens (tertiary/aromatic N) is 2. The molecule has 0 saturated carbocycles. The Morgan fingerprint density at radius 3 is 2.54 bits per heavy atom. The van der Waals surface area contributed by atoms with Gasteiger partial charge in [-0.15, -0.1) is 0 Å². The maximum Gasteiger partial charge on any atom is 1.00 e. The van der Waals surface area contributed by atoms with E-state index in [4.69, 9.17) is 0 Å². The molecule has 0 aliphatic carbocycles. The van der Waals surface area contributed by atoms with Crippen LogP contribution in [0.4, 0.5) is 4.79 Å². The fourth-order valence-corrected chi connectivity index (χ4v) is 4.21.